The number of hydrogen-bond donors (Lipinski definition) is 1. The van der Waals surface area contributed by atoms with E-state index in [9.17, 15) is 4.79 Å². The van der Waals surface area contributed by atoms with E-state index in [-0.39, 0.29) is 5.78 Å². The molecule has 2 aliphatic rings. The van der Waals surface area contributed by atoms with Crippen LogP contribution in [0.4, 0.5) is 0 Å². The lowest BCUT2D eigenvalue weighted by atomic mass is 10.1. The van der Waals surface area contributed by atoms with Crippen molar-refractivity contribution in [3.8, 4) is 0 Å². The van der Waals surface area contributed by atoms with Crippen molar-refractivity contribution in [1.82, 2.24) is 10.2 Å². The summed E-state index contributed by atoms with van der Waals surface area (Å²) in [5, 5.41) is 3.10. The Kier molecular flexibility index (Phi) is 1.42. The van der Waals surface area contributed by atoms with Crippen LogP contribution in [0.5, 0.6) is 0 Å². The van der Waals surface area contributed by atoms with E-state index in [1.807, 2.05) is 18.6 Å². The van der Waals surface area contributed by atoms with Crippen LogP contribution in [0.2, 0.25) is 0 Å². The number of hydrogen-bond acceptors (Lipinski definition) is 3. The molecule has 1 N–H and O–H groups in total. The molecule has 0 bridgehead atoms. The number of nitrogens with zero attached hydrogens (tertiary/aromatic N) is 1. The van der Waals surface area contributed by atoms with E-state index in [4.69, 9.17) is 0 Å². The molecule has 0 amide bonds. The summed E-state index contributed by atoms with van der Waals surface area (Å²) in [6, 6.07) is 0.331. The SMILES string of the molecule is O=C1C=CN2C=CNCC2C1. The van der Waals surface area contributed by atoms with E-state index in [0.29, 0.717) is 12.5 Å². The van der Waals surface area contributed by atoms with Gasteiger partial charge in [0.15, 0.2) is 5.78 Å². The molecule has 2 heterocycles. The average Bonchev–Trinajstić information content (AvgIpc) is 2.04. The lowest BCUT2D eigenvalue weighted by molar-refractivity contribution is -0.116. The molecular weight excluding hydrogens is 140 g/mol. The summed E-state index contributed by atoms with van der Waals surface area (Å²) < 4.78 is 0. The smallest absolute Gasteiger partial charge is 0.159 e. The van der Waals surface area contributed by atoms with Crippen LogP contribution in [0.3, 0.4) is 0 Å². The predicted octanol–water partition coefficient (Wildman–Crippen LogP) is 0.218. The van der Waals surface area contributed by atoms with Gasteiger partial charge in [-0.3, -0.25) is 4.79 Å². The van der Waals surface area contributed by atoms with Crippen LogP contribution in [-0.2, 0) is 4.79 Å². The van der Waals surface area contributed by atoms with Crippen molar-refractivity contribution < 1.29 is 4.79 Å². The Labute approximate surface area is 65.4 Å². The molecule has 0 aliphatic carbocycles. The van der Waals surface area contributed by atoms with Crippen molar-refractivity contribution in [2.75, 3.05) is 6.54 Å². The van der Waals surface area contributed by atoms with Gasteiger partial charge in [-0.25, -0.2) is 0 Å². The highest BCUT2D eigenvalue weighted by Gasteiger charge is 2.21. The maximum absolute atomic E-state index is 11.0. The zero-order valence-electron chi connectivity index (χ0n) is 6.16. The van der Waals surface area contributed by atoms with Gasteiger partial charge in [0.1, 0.15) is 0 Å². The zero-order valence-corrected chi connectivity index (χ0v) is 6.16. The lowest BCUT2D eigenvalue weighted by Crippen LogP contribution is -2.42. The fourth-order valence-electron chi connectivity index (χ4n) is 1.39. The van der Waals surface area contributed by atoms with Crippen LogP contribution in [0.15, 0.2) is 24.7 Å². The van der Waals surface area contributed by atoms with Crippen molar-refractivity contribution in [3.63, 3.8) is 0 Å². The molecule has 3 nitrogen and oxygen atoms in total. The second-order valence-corrected chi connectivity index (χ2v) is 2.81. The fourth-order valence-corrected chi connectivity index (χ4v) is 1.39. The highest BCUT2D eigenvalue weighted by atomic mass is 16.1. The quantitative estimate of drug-likeness (QED) is 0.536. The van der Waals surface area contributed by atoms with E-state index in [2.05, 4.69) is 10.2 Å². The third kappa shape index (κ3) is 1.13. The number of carbonyl (C=O) groups is 1. The summed E-state index contributed by atoms with van der Waals surface area (Å²) in [6.07, 6.45) is 7.96. The van der Waals surface area contributed by atoms with Crippen LogP contribution in [-0.4, -0.2) is 23.3 Å². The van der Waals surface area contributed by atoms with E-state index < -0.39 is 0 Å². The van der Waals surface area contributed by atoms with Gasteiger partial charge >= 0.3 is 0 Å². The summed E-state index contributed by atoms with van der Waals surface area (Å²) in [5.74, 6) is 0.225. The maximum atomic E-state index is 11.0. The van der Waals surface area contributed by atoms with Crippen LogP contribution < -0.4 is 5.32 Å². The zero-order chi connectivity index (χ0) is 7.68. The normalized spacial score (nSPS) is 28.2. The average molecular weight is 150 g/mol. The summed E-state index contributed by atoms with van der Waals surface area (Å²) in [7, 11) is 0. The van der Waals surface area contributed by atoms with Crippen molar-refractivity contribution in [2.45, 2.75) is 12.5 Å². The number of allylic oxidation sites excluding steroid dienone is 1. The number of carbonyl (C=O) groups excluding carboxylic acids is 1. The largest absolute Gasteiger partial charge is 0.388 e. The summed E-state index contributed by atoms with van der Waals surface area (Å²) in [6.45, 7) is 0.868. The Balaban J connectivity index is 2.21. The molecule has 0 fully saturated rings. The molecule has 0 aromatic carbocycles. The summed E-state index contributed by atoms with van der Waals surface area (Å²) >= 11 is 0. The van der Waals surface area contributed by atoms with Crippen LogP contribution in [0, 0.1) is 0 Å². The number of nitrogens with one attached hydrogen (secondary N) is 1. The first-order valence-corrected chi connectivity index (χ1v) is 3.75. The maximum Gasteiger partial charge on any atom is 0.159 e. The summed E-state index contributed by atoms with van der Waals surface area (Å²) in [5.41, 5.74) is 0. The van der Waals surface area contributed by atoms with E-state index in [0.717, 1.165) is 6.54 Å². The van der Waals surface area contributed by atoms with Crippen molar-refractivity contribution in [1.29, 1.82) is 0 Å². The molecule has 2 rings (SSSR count). The first kappa shape index (κ1) is 6.46. The summed E-state index contributed by atoms with van der Waals surface area (Å²) in [4.78, 5) is 13.0. The Bertz CT molecular complexity index is 232. The minimum atomic E-state index is 0.225. The van der Waals surface area contributed by atoms with Crippen molar-refractivity contribution in [3.05, 3.63) is 24.7 Å². The van der Waals surface area contributed by atoms with E-state index >= 15 is 0 Å². The second-order valence-electron chi connectivity index (χ2n) is 2.81. The molecule has 0 aromatic heterocycles. The van der Waals surface area contributed by atoms with Crippen molar-refractivity contribution >= 4 is 5.78 Å². The van der Waals surface area contributed by atoms with Gasteiger partial charge in [-0.2, -0.15) is 0 Å². The standard InChI is InChI=1S/C8H10N2O/c11-8-1-3-10-4-2-9-6-7(10)5-8/h1-4,7,9H,5-6H2. The predicted molar refractivity (Wildman–Crippen MR) is 41.5 cm³/mol. The molecule has 0 radical (unpaired) electrons. The highest BCUT2D eigenvalue weighted by molar-refractivity contribution is 5.90. The fraction of sp³-hybridized carbons (Fsp3) is 0.375. The van der Waals surface area contributed by atoms with Crippen LogP contribution >= 0.6 is 0 Å². The molecule has 11 heavy (non-hydrogen) atoms. The molecule has 58 valence electrons. The minimum absolute atomic E-state index is 0.225. The molecular formula is C8H10N2O. The number of rotatable bonds is 0. The minimum Gasteiger partial charge on any atom is -0.388 e. The Morgan fingerprint density at radius 1 is 1.55 bits per heavy atom. The topological polar surface area (TPSA) is 32.3 Å². The van der Waals surface area contributed by atoms with Gasteiger partial charge in [-0.15, -0.1) is 0 Å². The second kappa shape index (κ2) is 2.42. The number of fused-ring (bicyclic) bond motifs is 1. The van der Waals surface area contributed by atoms with Gasteiger partial charge in [-0.05, 0) is 6.08 Å². The lowest BCUT2D eigenvalue weighted by Gasteiger charge is -2.32. The van der Waals surface area contributed by atoms with Gasteiger partial charge < -0.3 is 10.2 Å². The molecule has 0 saturated carbocycles. The Morgan fingerprint density at radius 2 is 2.45 bits per heavy atom. The van der Waals surface area contributed by atoms with Crippen LogP contribution in [0.1, 0.15) is 6.42 Å². The van der Waals surface area contributed by atoms with Gasteiger partial charge in [0, 0.05) is 31.6 Å². The third-order valence-corrected chi connectivity index (χ3v) is 2.01. The molecule has 1 atom stereocenters. The molecule has 0 spiro atoms. The highest BCUT2D eigenvalue weighted by Crippen LogP contribution is 2.14. The molecule has 0 aromatic rings. The first-order valence-electron chi connectivity index (χ1n) is 3.75. The molecule has 0 saturated heterocycles. The Hall–Kier alpha value is -1.25. The monoisotopic (exact) mass is 150 g/mol. The van der Waals surface area contributed by atoms with Gasteiger partial charge in [0.2, 0.25) is 0 Å². The van der Waals surface area contributed by atoms with E-state index in [1.165, 1.54) is 0 Å². The number of ketones is 1. The van der Waals surface area contributed by atoms with Crippen LogP contribution in [0.25, 0.3) is 0 Å². The third-order valence-electron chi connectivity index (χ3n) is 2.01. The van der Waals surface area contributed by atoms with Crippen molar-refractivity contribution in [2.24, 2.45) is 0 Å². The molecule has 3 heteroatoms. The van der Waals surface area contributed by atoms with Gasteiger partial charge in [0.25, 0.3) is 0 Å². The molecule has 2 aliphatic heterocycles. The van der Waals surface area contributed by atoms with Gasteiger partial charge in [-0.1, -0.05) is 0 Å². The van der Waals surface area contributed by atoms with Gasteiger partial charge in [0.05, 0.1) is 6.04 Å². The Morgan fingerprint density at radius 3 is 3.36 bits per heavy atom. The first-order chi connectivity index (χ1) is 5.36. The molecule has 1 unspecified atom stereocenters. The van der Waals surface area contributed by atoms with E-state index in [1.54, 1.807) is 6.08 Å².